The Morgan fingerprint density at radius 1 is 1.14 bits per heavy atom. The number of carbonyl (C=O) groups is 4. The first-order chi connectivity index (χ1) is 17.3. The molecule has 12 heteroatoms. The molecule has 11 nitrogen and oxygen atoms in total. The van der Waals surface area contributed by atoms with Gasteiger partial charge in [-0.1, -0.05) is 60.7 Å². The first-order valence-corrected chi connectivity index (χ1v) is 11.9. The lowest BCUT2D eigenvalue weighted by molar-refractivity contribution is -0.154. The van der Waals surface area contributed by atoms with Gasteiger partial charge in [-0.05, 0) is 18.1 Å². The highest BCUT2D eigenvalue weighted by Gasteiger charge is 2.61. The summed E-state index contributed by atoms with van der Waals surface area (Å²) in [5, 5.41) is 10.2. The SMILES string of the molecule is CC1=C(C(=O)O)N2C(=O)C(NC(=O)C(C(=O)OCc3ccccc3)c3ccccc3)[C@@H]2[S@@](=O)C1=[N+]=[N-]. The fourth-order valence-corrected chi connectivity index (χ4v) is 5.61. The van der Waals surface area contributed by atoms with Crippen LogP contribution in [0.2, 0.25) is 0 Å². The van der Waals surface area contributed by atoms with Crippen LogP contribution >= 0.6 is 0 Å². The van der Waals surface area contributed by atoms with Crippen LogP contribution in [-0.4, -0.2) is 59.2 Å². The minimum Gasteiger partial charge on any atom is -0.477 e. The van der Waals surface area contributed by atoms with Gasteiger partial charge < -0.3 is 20.7 Å². The van der Waals surface area contributed by atoms with Crippen molar-refractivity contribution < 1.29 is 38.0 Å². The van der Waals surface area contributed by atoms with Gasteiger partial charge in [0.25, 0.3) is 5.91 Å². The number of nitrogens with one attached hydrogen (secondary N) is 1. The average molecular weight is 509 g/mol. The van der Waals surface area contributed by atoms with Gasteiger partial charge in [-0.3, -0.25) is 19.3 Å². The van der Waals surface area contributed by atoms with Crippen molar-refractivity contribution >= 4 is 39.6 Å². The summed E-state index contributed by atoms with van der Waals surface area (Å²) in [6, 6.07) is 15.5. The van der Waals surface area contributed by atoms with Gasteiger partial charge in [0.2, 0.25) is 5.91 Å². The van der Waals surface area contributed by atoms with Gasteiger partial charge in [-0.2, -0.15) is 4.79 Å². The van der Waals surface area contributed by atoms with E-state index in [-0.39, 0.29) is 12.2 Å². The van der Waals surface area contributed by atoms with E-state index in [1.54, 1.807) is 60.7 Å². The number of hydrogen-bond donors (Lipinski definition) is 2. The first-order valence-electron chi connectivity index (χ1n) is 10.7. The van der Waals surface area contributed by atoms with E-state index in [0.717, 1.165) is 4.90 Å². The third-order valence-corrected chi connectivity index (χ3v) is 7.51. The second kappa shape index (κ2) is 10.1. The Kier molecular flexibility index (Phi) is 6.91. The van der Waals surface area contributed by atoms with E-state index in [2.05, 4.69) is 10.1 Å². The molecule has 0 saturated carbocycles. The number of carboxylic acids is 1. The van der Waals surface area contributed by atoms with E-state index >= 15 is 0 Å². The third kappa shape index (κ3) is 4.35. The molecule has 4 atom stereocenters. The number of amides is 2. The Hall–Kier alpha value is -4.41. The fourth-order valence-electron chi connectivity index (χ4n) is 4.07. The first kappa shape index (κ1) is 24.7. The van der Waals surface area contributed by atoms with Crippen LogP contribution in [-0.2, 0) is 41.3 Å². The molecule has 1 saturated heterocycles. The molecule has 2 aromatic rings. The number of β-lactam (4-membered cyclic amide) rings is 1. The molecule has 0 spiro atoms. The van der Waals surface area contributed by atoms with Crippen LogP contribution in [0.5, 0.6) is 0 Å². The number of hydrogen-bond acceptors (Lipinski definition) is 6. The van der Waals surface area contributed by atoms with E-state index in [0.29, 0.717) is 11.1 Å². The molecular formula is C24H20N4O7S. The van der Waals surface area contributed by atoms with Gasteiger partial charge in [0, 0.05) is 0 Å². The fraction of sp³-hybridized carbons (Fsp3) is 0.208. The van der Waals surface area contributed by atoms with Gasteiger partial charge in [0.15, 0.2) is 22.1 Å². The van der Waals surface area contributed by atoms with Crippen LogP contribution in [0.25, 0.3) is 5.53 Å². The number of ether oxygens (including phenoxy) is 1. The molecule has 2 aliphatic heterocycles. The van der Waals surface area contributed by atoms with Crippen molar-refractivity contribution in [1.82, 2.24) is 10.2 Å². The standard InChI is InChI=1S/C24H20N4O7S/c1-13-18(23(31)32)28-21(30)17(22(28)36(34)20(13)27-25)26-19(29)16(15-10-6-3-7-11-15)24(33)35-12-14-8-4-2-5-9-14/h2-11,16-17,22H,12H2,1H3,(H,26,29)(H,31,32)/t16?,17?,22-,36-/m0/s1. The van der Waals surface area contributed by atoms with Crippen molar-refractivity contribution in [3.05, 3.63) is 88.6 Å². The Morgan fingerprint density at radius 3 is 2.33 bits per heavy atom. The molecule has 1 fully saturated rings. The number of aliphatic carboxylic acids is 1. The zero-order chi connectivity index (χ0) is 26.0. The summed E-state index contributed by atoms with van der Waals surface area (Å²) in [6.07, 6.45) is 0. The Bertz CT molecular complexity index is 1350. The topological polar surface area (TPSA) is 166 Å². The molecule has 2 N–H and O–H groups in total. The van der Waals surface area contributed by atoms with E-state index in [9.17, 15) is 34.0 Å². The monoisotopic (exact) mass is 508 g/mol. The normalized spacial score (nSPS) is 21.6. The number of rotatable bonds is 7. The van der Waals surface area contributed by atoms with E-state index < -0.39 is 62.6 Å². The summed E-state index contributed by atoms with van der Waals surface area (Å²) < 4.78 is 18.3. The Labute approximate surface area is 207 Å². The van der Waals surface area contributed by atoms with Crippen molar-refractivity contribution in [2.24, 2.45) is 0 Å². The minimum atomic E-state index is -2.14. The molecule has 2 aromatic carbocycles. The number of fused-ring (bicyclic) bond motifs is 1. The van der Waals surface area contributed by atoms with Crippen LogP contribution in [0.3, 0.4) is 0 Å². The summed E-state index contributed by atoms with van der Waals surface area (Å²) in [5.41, 5.74) is 9.66. The summed E-state index contributed by atoms with van der Waals surface area (Å²) in [4.78, 5) is 54.5. The van der Waals surface area contributed by atoms with E-state index in [1.807, 2.05) is 0 Å². The van der Waals surface area contributed by atoms with E-state index in [1.165, 1.54) is 6.92 Å². The summed E-state index contributed by atoms with van der Waals surface area (Å²) in [5.74, 6) is -5.51. The molecule has 2 heterocycles. The summed E-state index contributed by atoms with van der Waals surface area (Å²) in [7, 11) is -2.14. The van der Waals surface area contributed by atoms with Crippen molar-refractivity contribution in [2.45, 2.75) is 30.9 Å². The van der Waals surface area contributed by atoms with Crippen LogP contribution < -0.4 is 5.32 Å². The zero-order valence-electron chi connectivity index (χ0n) is 18.9. The van der Waals surface area contributed by atoms with Crippen molar-refractivity contribution in [2.75, 3.05) is 0 Å². The highest BCUT2D eigenvalue weighted by molar-refractivity contribution is 8.01. The number of nitrogens with zero attached hydrogens (tertiary/aromatic N) is 3. The predicted octanol–water partition coefficient (Wildman–Crippen LogP) is 0.916. The lowest BCUT2D eigenvalue weighted by atomic mass is 9.96. The maximum absolute atomic E-state index is 13.3. The average Bonchev–Trinajstić information content (AvgIpc) is 2.87. The molecule has 36 heavy (non-hydrogen) atoms. The second-order valence-corrected chi connectivity index (χ2v) is 9.47. The molecule has 4 rings (SSSR count). The molecule has 0 aromatic heterocycles. The number of benzene rings is 2. The van der Waals surface area contributed by atoms with Gasteiger partial charge in [-0.15, -0.1) is 0 Å². The Morgan fingerprint density at radius 2 is 1.75 bits per heavy atom. The van der Waals surface area contributed by atoms with Gasteiger partial charge in [0.1, 0.15) is 18.3 Å². The van der Waals surface area contributed by atoms with Crippen LogP contribution in [0.4, 0.5) is 0 Å². The van der Waals surface area contributed by atoms with Crippen LogP contribution in [0.1, 0.15) is 24.0 Å². The molecule has 184 valence electrons. The number of carboxylic acid groups (broad SMARTS) is 1. The molecule has 2 unspecified atom stereocenters. The van der Waals surface area contributed by atoms with Gasteiger partial charge >= 0.3 is 17.0 Å². The maximum atomic E-state index is 13.3. The Balaban J connectivity index is 1.59. The van der Waals surface area contributed by atoms with Crippen molar-refractivity contribution in [1.29, 1.82) is 0 Å². The second-order valence-electron chi connectivity index (χ2n) is 8.00. The third-order valence-electron chi connectivity index (χ3n) is 5.82. The van der Waals surface area contributed by atoms with Crippen LogP contribution in [0.15, 0.2) is 71.9 Å². The van der Waals surface area contributed by atoms with Crippen molar-refractivity contribution in [3.8, 4) is 0 Å². The predicted molar refractivity (Wildman–Crippen MR) is 125 cm³/mol. The maximum Gasteiger partial charge on any atom is 0.386 e. The molecule has 0 radical (unpaired) electrons. The molecular weight excluding hydrogens is 488 g/mol. The van der Waals surface area contributed by atoms with Gasteiger partial charge in [0.05, 0.1) is 5.57 Å². The molecule has 0 aliphatic carbocycles. The minimum absolute atomic E-state index is 0.0819. The lowest BCUT2D eigenvalue weighted by Gasteiger charge is -2.47. The highest BCUT2D eigenvalue weighted by atomic mass is 32.2. The van der Waals surface area contributed by atoms with E-state index in [4.69, 9.17) is 4.74 Å². The van der Waals surface area contributed by atoms with Crippen molar-refractivity contribution in [3.63, 3.8) is 0 Å². The highest BCUT2D eigenvalue weighted by Crippen LogP contribution is 2.36. The zero-order valence-corrected chi connectivity index (χ0v) is 19.7. The lowest BCUT2D eigenvalue weighted by Crippen LogP contribution is -2.74. The molecule has 2 amide bonds. The molecule has 0 bridgehead atoms. The summed E-state index contributed by atoms with van der Waals surface area (Å²) >= 11 is 0. The largest absolute Gasteiger partial charge is 0.477 e. The summed E-state index contributed by atoms with van der Waals surface area (Å²) in [6.45, 7) is 1.18. The quantitative estimate of drug-likeness (QED) is 0.184. The number of carbonyl (C=O) groups excluding carboxylic acids is 3. The molecule has 2 aliphatic rings. The number of esters is 1. The smallest absolute Gasteiger partial charge is 0.386 e. The van der Waals surface area contributed by atoms with Crippen LogP contribution in [0, 0.1) is 0 Å². The van der Waals surface area contributed by atoms with Gasteiger partial charge in [-0.25, -0.2) is 9.00 Å².